The number of β-amino-alcohol motifs (C(OH)–C–C–N with tert-alkyl or cyclic N) is 1. The lowest BCUT2D eigenvalue weighted by Crippen LogP contribution is -2.57. The van der Waals surface area contributed by atoms with Crippen molar-refractivity contribution in [3.63, 3.8) is 0 Å². The van der Waals surface area contributed by atoms with Crippen molar-refractivity contribution in [3.05, 3.63) is 135 Å². The summed E-state index contributed by atoms with van der Waals surface area (Å²) in [6, 6.07) is 18.2. The number of carbonyl (C=O) groups is 9. The number of fused-ring (bicyclic) bond motifs is 1. The number of primary amides is 1. The number of amides is 8. The number of aromatic nitrogens is 2. The number of anilines is 2. The zero-order valence-electron chi connectivity index (χ0n) is 50.4. The Kier molecular flexibility index (Phi) is 19.8. The van der Waals surface area contributed by atoms with Crippen LogP contribution in [-0.2, 0) is 57.4 Å². The number of aromatic amines is 1. The molecule has 0 aliphatic carbocycles. The van der Waals surface area contributed by atoms with Crippen LogP contribution in [-0.4, -0.2) is 125 Å². The summed E-state index contributed by atoms with van der Waals surface area (Å²) in [7, 11) is -5.08. The van der Waals surface area contributed by atoms with Crippen molar-refractivity contribution < 1.29 is 62.6 Å². The van der Waals surface area contributed by atoms with Crippen molar-refractivity contribution >= 4 is 94.0 Å². The fourth-order valence-corrected chi connectivity index (χ4v) is 13.2. The molecule has 0 spiro atoms. The minimum absolute atomic E-state index is 0.00288. The van der Waals surface area contributed by atoms with Crippen LogP contribution in [0.15, 0.2) is 90.4 Å². The molecule has 7 atom stereocenters. The van der Waals surface area contributed by atoms with Crippen molar-refractivity contribution in [2.45, 2.75) is 155 Å². The predicted molar refractivity (Wildman–Crippen MR) is 334 cm³/mol. The van der Waals surface area contributed by atoms with Crippen molar-refractivity contribution in [1.29, 1.82) is 0 Å². The van der Waals surface area contributed by atoms with E-state index < -0.39 is 102 Å². The van der Waals surface area contributed by atoms with Crippen LogP contribution in [0.4, 0.5) is 11.4 Å². The molecule has 0 saturated carbocycles. The highest BCUT2D eigenvalue weighted by atomic mass is 32.1. The van der Waals surface area contributed by atoms with Crippen LogP contribution >= 0.6 is 18.9 Å². The molecule has 25 heteroatoms. The van der Waals surface area contributed by atoms with Gasteiger partial charge in [-0.1, -0.05) is 75.7 Å². The molecule has 11 N–H and O–H groups in total. The van der Waals surface area contributed by atoms with Gasteiger partial charge < -0.3 is 57.1 Å². The molecular weight excluding hydrogens is 1180 g/mol. The van der Waals surface area contributed by atoms with E-state index in [0.717, 1.165) is 38.4 Å². The molecule has 1 fully saturated rings. The monoisotopic (exact) mass is 1250 g/mol. The number of rotatable bonds is 23. The van der Waals surface area contributed by atoms with Crippen LogP contribution < -0.4 is 37.2 Å². The van der Waals surface area contributed by atoms with Gasteiger partial charge in [-0.05, 0) is 134 Å². The number of aliphatic hydroxyl groups excluding tert-OH is 1. The van der Waals surface area contributed by atoms with Crippen LogP contribution in [0.25, 0.3) is 21.3 Å². The molecule has 89 heavy (non-hydrogen) atoms. The SMILES string of the molecule is Cc1cc(CCCCCC(=O)N[C@H](C(=O)N2C[C@H](O)CC2C(=O)N[C@@H](C)c2ccc(-c3scnc3C)cc2)C(C)(C)C)cc(NC(=O)[C@H](CCC(N)=O)NC(=O)C2Cc3cccc4c3N2C(=O)[C@@H](NC(=O)c2cc3cc(C(=O)P(=O)(O)O)ccc3[nH]2)CC4)c1. The Morgan fingerprint density at radius 1 is 0.865 bits per heavy atom. The number of benzene rings is 4. The van der Waals surface area contributed by atoms with Gasteiger partial charge in [-0.15, -0.1) is 11.3 Å². The summed E-state index contributed by atoms with van der Waals surface area (Å²) in [5.74, 6) is -4.47. The zero-order chi connectivity index (χ0) is 64.2. The molecule has 0 bridgehead atoms. The van der Waals surface area contributed by atoms with Gasteiger partial charge in [0.2, 0.25) is 41.4 Å². The molecule has 9 rings (SSSR count). The minimum atomic E-state index is -5.08. The first-order valence-electron chi connectivity index (χ1n) is 29.7. The van der Waals surface area contributed by atoms with Crippen molar-refractivity contribution in [3.8, 4) is 10.4 Å². The number of nitrogens with two attached hydrogens (primary N) is 1. The van der Waals surface area contributed by atoms with Crippen molar-refractivity contribution in [2.24, 2.45) is 11.1 Å². The number of aliphatic hydroxyl groups is 1. The predicted octanol–water partition coefficient (Wildman–Crippen LogP) is 6.09. The lowest BCUT2D eigenvalue weighted by molar-refractivity contribution is -0.144. The van der Waals surface area contributed by atoms with E-state index in [1.165, 1.54) is 34.1 Å². The topological polar surface area (TPSA) is 353 Å². The Hall–Kier alpha value is -8.41. The molecule has 4 aromatic carbocycles. The highest BCUT2D eigenvalue weighted by Gasteiger charge is 2.47. The van der Waals surface area contributed by atoms with Crippen LogP contribution in [0, 0.1) is 19.3 Å². The Bertz CT molecular complexity index is 3800. The number of carbonyl (C=O) groups excluding carboxylic acids is 9. The summed E-state index contributed by atoms with van der Waals surface area (Å²) in [6.45, 7) is 11.1. The van der Waals surface area contributed by atoms with E-state index in [0.29, 0.717) is 59.9 Å². The first kappa shape index (κ1) is 65.0. The molecule has 1 saturated heterocycles. The van der Waals surface area contributed by atoms with Gasteiger partial charge >= 0.3 is 7.60 Å². The normalized spacial score (nSPS) is 18.3. The molecule has 2 aromatic heterocycles. The van der Waals surface area contributed by atoms with Gasteiger partial charge in [0, 0.05) is 54.4 Å². The Morgan fingerprint density at radius 3 is 2.29 bits per heavy atom. The molecule has 8 amide bonds. The number of para-hydroxylation sites is 1. The number of unbranched alkanes of at least 4 members (excludes halogenated alkanes) is 2. The number of nitrogens with zero attached hydrogens (tertiary/aromatic N) is 3. The fourth-order valence-electron chi connectivity index (χ4n) is 11.9. The van der Waals surface area contributed by atoms with Gasteiger partial charge in [-0.3, -0.25) is 52.6 Å². The fraction of sp³-hybridized carbons (Fsp3) is 0.406. The zero-order valence-corrected chi connectivity index (χ0v) is 52.1. The number of thiazole rings is 1. The molecule has 0 radical (unpaired) electrons. The highest BCUT2D eigenvalue weighted by molar-refractivity contribution is 7.70. The van der Waals surface area contributed by atoms with Gasteiger partial charge in [0.15, 0.2) is 0 Å². The third kappa shape index (κ3) is 15.4. The molecule has 3 aliphatic heterocycles. The van der Waals surface area contributed by atoms with Gasteiger partial charge in [-0.2, -0.15) is 0 Å². The smallest absolute Gasteiger partial charge is 0.391 e. The van der Waals surface area contributed by atoms with Crippen LogP contribution in [0.5, 0.6) is 0 Å². The lowest BCUT2D eigenvalue weighted by atomic mass is 9.85. The maximum absolute atomic E-state index is 14.6. The largest absolute Gasteiger partial charge is 0.396 e. The molecule has 2 unspecified atom stereocenters. The van der Waals surface area contributed by atoms with Gasteiger partial charge in [0.1, 0.15) is 35.9 Å². The summed E-state index contributed by atoms with van der Waals surface area (Å²) in [5.41, 5.74) is 12.3. The average Bonchev–Trinajstić information content (AvgIpc) is 1.67. The van der Waals surface area contributed by atoms with Crippen molar-refractivity contribution in [1.82, 2.24) is 36.1 Å². The Balaban J connectivity index is 0.781. The van der Waals surface area contributed by atoms with Crippen LogP contribution in [0.1, 0.15) is 139 Å². The first-order valence-corrected chi connectivity index (χ1v) is 32.2. The number of H-pyrrole nitrogens is 1. The van der Waals surface area contributed by atoms with Gasteiger partial charge in [-0.25, -0.2) is 4.98 Å². The van der Waals surface area contributed by atoms with Crippen LogP contribution in [0.2, 0.25) is 0 Å². The lowest BCUT2D eigenvalue weighted by Gasteiger charge is -2.35. The second-order valence-electron chi connectivity index (χ2n) is 24.5. The van der Waals surface area contributed by atoms with E-state index in [1.807, 2.05) is 84.0 Å². The number of hydrogen-bond acceptors (Lipinski definition) is 13. The molecule has 470 valence electrons. The van der Waals surface area contributed by atoms with E-state index in [9.17, 15) is 62.6 Å². The number of aryl methyl sites for hydroxylation is 4. The number of hydrogen-bond donors (Lipinski definition) is 10. The summed E-state index contributed by atoms with van der Waals surface area (Å²) in [4.78, 5) is 153. The van der Waals surface area contributed by atoms with Gasteiger partial charge in [0.05, 0.1) is 33.9 Å². The minimum Gasteiger partial charge on any atom is -0.391 e. The van der Waals surface area contributed by atoms with E-state index in [2.05, 4.69) is 36.6 Å². The average molecular weight is 1260 g/mol. The second-order valence-corrected chi connectivity index (χ2v) is 26.8. The maximum atomic E-state index is 14.6. The summed E-state index contributed by atoms with van der Waals surface area (Å²) in [5, 5.41) is 25.5. The van der Waals surface area contributed by atoms with E-state index in [1.54, 1.807) is 35.0 Å². The number of nitrogens with one attached hydrogen (secondary N) is 6. The van der Waals surface area contributed by atoms with E-state index >= 15 is 0 Å². The second kappa shape index (κ2) is 27.1. The highest BCUT2D eigenvalue weighted by Crippen LogP contribution is 2.41. The maximum Gasteiger partial charge on any atom is 0.396 e. The molecular formula is C64H75N10O13PS. The molecule has 6 aromatic rings. The number of likely N-dealkylation sites (tertiary alicyclic amines) is 1. The molecule has 5 heterocycles. The Labute approximate surface area is 518 Å². The first-order chi connectivity index (χ1) is 42.1. The summed E-state index contributed by atoms with van der Waals surface area (Å²) in [6.07, 6.45) is 1.85. The Morgan fingerprint density at radius 2 is 1.60 bits per heavy atom. The molecule has 3 aliphatic rings. The van der Waals surface area contributed by atoms with Crippen molar-refractivity contribution in [2.75, 3.05) is 16.8 Å². The summed E-state index contributed by atoms with van der Waals surface area (Å²) >= 11 is 1.55. The van der Waals surface area contributed by atoms with Gasteiger partial charge in [0.25, 0.3) is 11.4 Å². The van der Waals surface area contributed by atoms with E-state index in [4.69, 9.17) is 5.73 Å². The molecule has 23 nitrogen and oxygen atoms in total. The standard InChI is InChI=1S/C64H75N10O13PS/c1-34-25-37(11-8-7-9-14-53(77)72-56(64(4,5)6)62(83)73-32-45(75)31-50(73)59(80)67-35(2)38-15-17-40(18-16-38)55-36(3)66-33-89-55)27-44(26-34)68-57(78)47(23-24-52(65)76)70-60(81)51-30-41-13-10-12-39-19-22-48(61(82)74(51)54(39)41)71-58(79)49-29-43-28-42(20-21-46(43)69-49)63(84)88(85,86)87/h10,12-13,15-18,20-21,25-29,33,35,45,47-48,50-51,56,69,75H,7-9,11,14,19,22-24,30-32H2,1-6H3,(H2,65,76)(H,67,80)(H,68,78)(H,70,81)(H,71,79)(H,72,77)(H2,85,86,87)/t35-,45+,47-,48-,50?,51?,56+/m0/s1. The van der Waals surface area contributed by atoms with Crippen LogP contribution in [0.3, 0.4) is 0 Å². The third-order valence-electron chi connectivity index (χ3n) is 16.5. The third-order valence-corrected chi connectivity index (χ3v) is 18.3. The summed E-state index contributed by atoms with van der Waals surface area (Å²) < 4.78 is 11.6. The van der Waals surface area contributed by atoms with E-state index in [-0.39, 0.29) is 62.2 Å². The quantitative estimate of drug-likeness (QED) is 0.0256.